The average Bonchev–Trinajstić information content (AvgIpc) is 2.94. The van der Waals surface area contributed by atoms with Gasteiger partial charge in [-0.3, -0.25) is 14.6 Å². The second kappa shape index (κ2) is 12.9. The van der Waals surface area contributed by atoms with Crippen LogP contribution in [0.3, 0.4) is 0 Å². The fraction of sp³-hybridized carbons (Fsp3) is 0.424. The Kier molecular flexibility index (Phi) is 9.07. The maximum absolute atomic E-state index is 14.9. The molecule has 0 radical (unpaired) electrons. The Bertz CT molecular complexity index is 1270. The van der Waals surface area contributed by atoms with Gasteiger partial charge in [0.15, 0.2) is 0 Å². The van der Waals surface area contributed by atoms with Crippen molar-refractivity contribution in [2.24, 2.45) is 5.92 Å². The summed E-state index contributed by atoms with van der Waals surface area (Å²) in [5, 5.41) is 6.51. The van der Waals surface area contributed by atoms with Crippen molar-refractivity contribution in [1.82, 2.24) is 20.4 Å². The summed E-state index contributed by atoms with van der Waals surface area (Å²) in [6.45, 7) is 11.8. The van der Waals surface area contributed by atoms with E-state index in [2.05, 4.69) is 52.5 Å². The molecule has 206 valence electrons. The van der Waals surface area contributed by atoms with Gasteiger partial charge in [-0.05, 0) is 91.4 Å². The van der Waals surface area contributed by atoms with E-state index in [4.69, 9.17) is 0 Å². The molecule has 2 aliphatic rings. The van der Waals surface area contributed by atoms with Crippen LogP contribution >= 0.6 is 0 Å². The van der Waals surface area contributed by atoms with E-state index in [9.17, 15) is 9.18 Å². The molecule has 5 rings (SSSR count). The molecule has 1 atom stereocenters. The minimum Gasteiger partial charge on any atom is -0.348 e. The maximum atomic E-state index is 14.9. The molecule has 0 bridgehead atoms. The summed E-state index contributed by atoms with van der Waals surface area (Å²) in [4.78, 5) is 17.9. The number of carbonyl (C=O) groups excluding carboxylic acids is 1. The molecular formula is C33H41FN4O. The highest BCUT2D eigenvalue weighted by molar-refractivity contribution is 5.94. The molecule has 3 aromatic rings. The molecule has 0 aliphatic carbocycles. The molecule has 2 fully saturated rings. The van der Waals surface area contributed by atoms with Gasteiger partial charge in [0, 0.05) is 56.4 Å². The molecule has 5 nitrogen and oxygen atoms in total. The molecule has 2 saturated heterocycles. The SMILES string of the molecule is CC1CCN(Cc2cccc(C(=O)NCc3ccc(F)c(-c4cccc(CN5CCN[C@@H](C)C5)c4)c3)c2)CC1. The van der Waals surface area contributed by atoms with Crippen LogP contribution in [-0.4, -0.2) is 54.5 Å². The normalized spacial score (nSPS) is 19.2. The van der Waals surface area contributed by atoms with Crippen LogP contribution in [0, 0.1) is 11.7 Å². The van der Waals surface area contributed by atoms with Gasteiger partial charge in [0.25, 0.3) is 5.91 Å². The van der Waals surface area contributed by atoms with Crippen molar-refractivity contribution >= 4 is 5.91 Å². The lowest BCUT2D eigenvalue weighted by atomic mass is 9.98. The lowest BCUT2D eigenvalue weighted by molar-refractivity contribution is 0.0950. The zero-order valence-electron chi connectivity index (χ0n) is 23.3. The minimum atomic E-state index is -0.252. The average molecular weight is 529 g/mol. The molecule has 2 heterocycles. The third kappa shape index (κ3) is 7.53. The number of piperidine rings is 1. The van der Waals surface area contributed by atoms with Crippen LogP contribution in [0.5, 0.6) is 0 Å². The van der Waals surface area contributed by atoms with Gasteiger partial charge < -0.3 is 10.6 Å². The zero-order chi connectivity index (χ0) is 27.2. The first-order valence-corrected chi connectivity index (χ1v) is 14.4. The zero-order valence-corrected chi connectivity index (χ0v) is 23.3. The number of benzene rings is 3. The van der Waals surface area contributed by atoms with Gasteiger partial charge in [-0.2, -0.15) is 0 Å². The topological polar surface area (TPSA) is 47.6 Å². The summed E-state index contributed by atoms with van der Waals surface area (Å²) in [7, 11) is 0. The van der Waals surface area contributed by atoms with Crippen molar-refractivity contribution in [3.8, 4) is 11.1 Å². The van der Waals surface area contributed by atoms with Crippen molar-refractivity contribution in [3.63, 3.8) is 0 Å². The second-order valence-electron chi connectivity index (χ2n) is 11.4. The van der Waals surface area contributed by atoms with E-state index in [-0.39, 0.29) is 11.7 Å². The van der Waals surface area contributed by atoms with E-state index in [1.807, 2.05) is 36.4 Å². The van der Waals surface area contributed by atoms with Crippen LogP contribution in [0.1, 0.15) is 53.7 Å². The molecule has 0 saturated carbocycles. The number of nitrogens with one attached hydrogen (secondary N) is 2. The summed E-state index contributed by atoms with van der Waals surface area (Å²) in [5.41, 5.74) is 5.31. The number of likely N-dealkylation sites (tertiary alicyclic amines) is 1. The highest BCUT2D eigenvalue weighted by Gasteiger charge is 2.18. The van der Waals surface area contributed by atoms with E-state index in [0.29, 0.717) is 23.7 Å². The Hall–Kier alpha value is -3.06. The second-order valence-corrected chi connectivity index (χ2v) is 11.4. The van der Waals surface area contributed by atoms with Gasteiger partial charge in [-0.15, -0.1) is 0 Å². The van der Waals surface area contributed by atoms with Crippen molar-refractivity contribution in [2.75, 3.05) is 32.7 Å². The van der Waals surface area contributed by atoms with Crippen LogP contribution in [0.25, 0.3) is 11.1 Å². The molecule has 1 amide bonds. The quantitative estimate of drug-likeness (QED) is 0.408. The van der Waals surface area contributed by atoms with Crippen molar-refractivity contribution < 1.29 is 9.18 Å². The van der Waals surface area contributed by atoms with Gasteiger partial charge in [0.2, 0.25) is 0 Å². The summed E-state index contributed by atoms with van der Waals surface area (Å²) in [6, 6.07) is 21.6. The van der Waals surface area contributed by atoms with Gasteiger partial charge in [-0.25, -0.2) is 4.39 Å². The van der Waals surface area contributed by atoms with Crippen LogP contribution in [0.15, 0.2) is 66.7 Å². The van der Waals surface area contributed by atoms with Gasteiger partial charge >= 0.3 is 0 Å². The van der Waals surface area contributed by atoms with Crippen LogP contribution < -0.4 is 10.6 Å². The third-order valence-electron chi connectivity index (χ3n) is 8.05. The molecule has 2 N–H and O–H groups in total. The summed E-state index contributed by atoms with van der Waals surface area (Å²) >= 11 is 0. The molecule has 0 aromatic heterocycles. The smallest absolute Gasteiger partial charge is 0.251 e. The Labute approximate surface area is 232 Å². The number of hydrogen-bond acceptors (Lipinski definition) is 4. The predicted octanol–water partition coefficient (Wildman–Crippen LogP) is 5.45. The van der Waals surface area contributed by atoms with Gasteiger partial charge in [0.05, 0.1) is 0 Å². The molecule has 0 unspecified atom stereocenters. The molecule has 2 aliphatic heterocycles. The molecule has 6 heteroatoms. The summed E-state index contributed by atoms with van der Waals surface area (Å²) < 4.78 is 14.9. The minimum absolute atomic E-state index is 0.109. The Balaban J connectivity index is 1.21. The molecule has 39 heavy (non-hydrogen) atoms. The van der Waals surface area contributed by atoms with Gasteiger partial charge in [0.1, 0.15) is 5.82 Å². The van der Waals surface area contributed by atoms with Crippen molar-refractivity contribution in [2.45, 2.75) is 52.4 Å². The monoisotopic (exact) mass is 528 g/mol. The van der Waals surface area contributed by atoms with E-state index in [1.54, 1.807) is 6.07 Å². The van der Waals surface area contributed by atoms with E-state index in [1.165, 1.54) is 24.5 Å². The lowest BCUT2D eigenvalue weighted by Crippen LogP contribution is -2.48. The predicted molar refractivity (Wildman–Crippen MR) is 156 cm³/mol. The molecule has 3 aromatic carbocycles. The standard InChI is InChI=1S/C33H41FN4O/c1-24-11-14-37(15-12-24)22-28-6-4-8-30(18-28)33(39)36-20-26-9-10-32(34)31(19-26)29-7-3-5-27(17-29)23-38-16-13-35-25(2)21-38/h3-10,17-19,24-25,35H,11-16,20-23H2,1-2H3,(H,36,39)/t25-/m0/s1. The van der Waals surface area contributed by atoms with Gasteiger partial charge in [-0.1, -0.05) is 43.3 Å². The largest absolute Gasteiger partial charge is 0.348 e. The molecule has 0 spiro atoms. The maximum Gasteiger partial charge on any atom is 0.251 e. The van der Waals surface area contributed by atoms with Crippen LogP contribution in [0.2, 0.25) is 0 Å². The number of amides is 1. The van der Waals surface area contributed by atoms with Crippen LogP contribution in [-0.2, 0) is 19.6 Å². The number of nitrogens with zero attached hydrogens (tertiary/aromatic N) is 2. The third-order valence-corrected chi connectivity index (χ3v) is 8.05. The summed E-state index contributed by atoms with van der Waals surface area (Å²) in [6.07, 6.45) is 2.47. The Morgan fingerprint density at radius 3 is 2.44 bits per heavy atom. The fourth-order valence-electron chi connectivity index (χ4n) is 5.73. The highest BCUT2D eigenvalue weighted by Crippen LogP contribution is 2.26. The number of hydrogen-bond donors (Lipinski definition) is 2. The number of piperazine rings is 1. The highest BCUT2D eigenvalue weighted by atomic mass is 19.1. The first-order valence-electron chi connectivity index (χ1n) is 14.4. The van der Waals surface area contributed by atoms with E-state index < -0.39 is 0 Å². The van der Waals surface area contributed by atoms with E-state index >= 15 is 0 Å². The van der Waals surface area contributed by atoms with Crippen LogP contribution in [0.4, 0.5) is 4.39 Å². The number of halogens is 1. The van der Waals surface area contributed by atoms with E-state index in [0.717, 1.165) is 68.4 Å². The Morgan fingerprint density at radius 2 is 1.64 bits per heavy atom. The number of carbonyl (C=O) groups is 1. The summed E-state index contributed by atoms with van der Waals surface area (Å²) in [5.74, 6) is 0.440. The first kappa shape index (κ1) is 27.5. The molecular weight excluding hydrogens is 487 g/mol. The van der Waals surface area contributed by atoms with Crippen molar-refractivity contribution in [1.29, 1.82) is 0 Å². The number of rotatable bonds is 8. The Morgan fingerprint density at radius 1 is 0.897 bits per heavy atom. The van der Waals surface area contributed by atoms with Crippen molar-refractivity contribution in [3.05, 3.63) is 94.8 Å². The fourth-order valence-corrected chi connectivity index (χ4v) is 5.73. The first-order chi connectivity index (χ1) is 18.9. The lowest BCUT2D eigenvalue weighted by Gasteiger charge is -2.31.